The number of hydrogen-bond donors (Lipinski definition) is 1. The van der Waals surface area contributed by atoms with Gasteiger partial charge in [0.25, 0.3) is 0 Å². The highest BCUT2D eigenvalue weighted by molar-refractivity contribution is 6.00. The van der Waals surface area contributed by atoms with Gasteiger partial charge >= 0.3 is 0 Å². The summed E-state index contributed by atoms with van der Waals surface area (Å²) in [6.45, 7) is 11.2. The van der Waals surface area contributed by atoms with E-state index in [1.807, 2.05) is 11.8 Å². The van der Waals surface area contributed by atoms with E-state index in [0.29, 0.717) is 24.3 Å². The van der Waals surface area contributed by atoms with E-state index in [0.717, 1.165) is 25.7 Å². The van der Waals surface area contributed by atoms with Crippen LogP contribution in [-0.4, -0.2) is 34.8 Å². The number of carbonyl (C=O) groups is 2. The van der Waals surface area contributed by atoms with Crippen LogP contribution in [0.5, 0.6) is 0 Å². The third kappa shape index (κ3) is 3.24. The van der Waals surface area contributed by atoms with Gasteiger partial charge < -0.3 is 10.2 Å². The monoisotopic (exact) mass is 294 g/mol. The van der Waals surface area contributed by atoms with Crippen molar-refractivity contribution in [2.45, 2.75) is 71.9 Å². The van der Waals surface area contributed by atoms with Crippen LogP contribution >= 0.6 is 0 Å². The third-order valence-electron chi connectivity index (χ3n) is 4.90. The summed E-state index contributed by atoms with van der Waals surface area (Å²) in [4.78, 5) is 27.5. The number of carbonyl (C=O) groups excluding carboxylic acids is 2. The Morgan fingerprint density at radius 3 is 2.29 bits per heavy atom. The highest BCUT2D eigenvalue weighted by atomic mass is 16.2. The molecule has 1 aliphatic heterocycles. The van der Waals surface area contributed by atoms with Crippen molar-refractivity contribution in [3.63, 3.8) is 0 Å². The normalized spacial score (nSPS) is 30.2. The van der Waals surface area contributed by atoms with Crippen molar-refractivity contribution in [3.8, 4) is 0 Å². The summed E-state index contributed by atoms with van der Waals surface area (Å²) in [6, 6.07) is -0.337. The zero-order chi connectivity index (χ0) is 15.8. The van der Waals surface area contributed by atoms with Crippen molar-refractivity contribution >= 4 is 11.8 Å². The fourth-order valence-corrected chi connectivity index (χ4v) is 3.32. The Kier molecular flexibility index (Phi) is 4.64. The molecule has 2 atom stereocenters. The van der Waals surface area contributed by atoms with Gasteiger partial charge in [0.05, 0.1) is 0 Å². The highest BCUT2D eigenvalue weighted by Crippen LogP contribution is 2.45. The maximum absolute atomic E-state index is 12.9. The first-order valence-corrected chi connectivity index (χ1v) is 8.39. The van der Waals surface area contributed by atoms with Crippen LogP contribution < -0.4 is 5.32 Å². The molecule has 2 aliphatic rings. The van der Waals surface area contributed by atoms with Crippen molar-refractivity contribution in [1.29, 1.82) is 0 Å². The smallest absolute Gasteiger partial charge is 0.246 e. The lowest BCUT2D eigenvalue weighted by Gasteiger charge is -2.47. The van der Waals surface area contributed by atoms with Gasteiger partial charge in [0.2, 0.25) is 11.8 Å². The molecular weight excluding hydrogens is 264 g/mol. The quantitative estimate of drug-likeness (QED) is 0.818. The molecule has 21 heavy (non-hydrogen) atoms. The minimum Gasteiger partial charge on any atom is -0.342 e. The van der Waals surface area contributed by atoms with E-state index in [4.69, 9.17) is 0 Å². The molecule has 0 aromatic carbocycles. The molecule has 1 saturated heterocycles. The first-order valence-electron chi connectivity index (χ1n) is 8.39. The molecule has 0 spiro atoms. The van der Waals surface area contributed by atoms with Crippen LogP contribution in [0.25, 0.3) is 0 Å². The first-order chi connectivity index (χ1) is 9.76. The standard InChI is InChI=1S/C17H30N2O2/c1-11(2)8-9-19-15(20)14(10-12(3)4)18-16(21)17(19,5)13-6-7-13/h11-14H,6-10H2,1-5H3,(H,18,21). The van der Waals surface area contributed by atoms with Crippen LogP contribution in [-0.2, 0) is 9.59 Å². The average Bonchev–Trinajstić information content (AvgIpc) is 3.19. The molecule has 1 N–H and O–H groups in total. The SMILES string of the molecule is CC(C)CCN1C(=O)C(CC(C)C)NC(=O)C1(C)C1CC1. The Balaban J connectivity index is 2.21. The van der Waals surface area contributed by atoms with Gasteiger partial charge in [0, 0.05) is 6.54 Å². The Morgan fingerprint density at radius 2 is 1.81 bits per heavy atom. The third-order valence-corrected chi connectivity index (χ3v) is 4.90. The summed E-state index contributed by atoms with van der Waals surface area (Å²) in [5.41, 5.74) is -0.626. The predicted octanol–water partition coefficient (Wildman–Crippen LogP) is 2.57. The Hall–Kier alpha value is -1.06. The van der Waals surface area contributed by atoms with E-state index in [1.54, 1.807) is 0 Å². The molecule has 1 heterocycles. The largest absolute Gasteiger partial charge is 0.342 e. The van der Waals surface area contributed by atoms with Crippen LogP contribution in [0.4, 0.5) is 0 Å². The van der Waals surface area contributed by atoms with Crippen molar-refractivity contribution in [2.24, 2.45) is 17.8 Å². The van der Waals surface area contributed by atoms with Crippen LogP contribution in [0.15, 0.2) is 0 Å². The zero-order valence-electron chi connectivity index (χ0n) is 14.1. The number of hydrogen-bond acceptors (Lipinski definition) is 2. The fraction of sp³-hybridized carbons (Fsp3) is 0.882. The Bertz CT molecular complexity index is 415. The van der Waals surface area contributed by atoms with Gasteiger partial charge in [-0.2, -0.15) is 0 Å². The van der Waals surface area contributed by atoms with Gasteiger partial charge in [-0.3, -0.25) is 9.59 Å². The van der Waals surface area contributed by atoms with Crippen molar-refractivity contribution < 1.29 is 9.59 Å². The lowest BCUT2D eigenvalue weighted by atomic mass is 9.86. The van der Waals surface area contributed by atoms with E-state index >= 15 is 0 Å². The van der Waals surface area contributed by atoms with Crippen molar-refractivity contribution in [2.75, 3.05) is 6.54 Å². The van der Waals surface area contributed by atoms with Gasteiger partial charge in [-0.05, 0) is 50.4 Å². The zero-order valence-corrected chi connectivity index (χ0v) is 14.1. The molecule has 0 aromatic rings. The van der Waals surface area contributed by atoms with Crippen molar-refractivity contribution in [3.05, 3.63) is 0 Å². The van der Waals surface area contributed by atoms with E-state index < -0.39 is 5.54 Å². The second-order valence-corrected chi connectivity index (χ2v) is 7.75. The van der Waals surface area contributed by atoms with Crippen LogP contribution in [0, 0.1) is 17.8 Å². The van der Waals surface area contributed by atoms with Crippen LogP contribution in [0.3, 0.4) is 0 Å². The number of nitrogens with zero attached hydrogens (tertiary/aromatic N) is 1. The number of amides is 2. The maximum Gasteiger partial charge on any atom is 0.246 e. The van der Waals surface area contributed by atoms with Gasteiger partial charge in [-0.1, -0.05) is 27.7 Å². The second kappa shape index (κ2) is 5.98. The molecule has 0 bridgehead atoms. The molecule has 1 aliphatic carbocycles. The molecule has 4 heteroatoms. The number of piperazine rings is 1. The van der Waals surface area contributed by atoms with Gasteiger partial charge in [0.15, 0.2) is 0 Å². The Labute approximate surface area is 128 Å². The summed E-state index contributed by atoms with van der Waals surface area (Å²) in [6.07, 6.45) is 3.80. The highest BCUT2D eigenvalue weighted by Gasteiger charge is 2.56. The second-order valence-electron chi connectivity index (χ2n) is 7.75. The molecule has 1 saturated carbocycles. The number of rotatable bonds is 6. The van der Waals surface area contributed by atoms with Gasteiger partial charge in [-0.25, -0.2) is 0 Å². The maximum atomic E-state index is 12.9. The summed E-state index contributed by atoms with van der Waals surface area (Å²) >= 11 is 0. The molecule has 0 radical (unpaired) electrons. The van der Waals surface area contributed by atoms with E-state index in [2.05, 4.69) is 33.0 Å². The van der Waals surface area contributed by atoms with Gasteiger partial charge in [0.1, 0.15) is 11.6 Å². The minimum atomic E-state index is -0.626. The van der Waals surface area contributed by atoms with E-state index in [1.165, 1.54) is 0 Å². The molecule has 0 aromatic heterocycles. The van der Waals surface area contributed by atoms with Crippen molar-refractivity contribution in [1.82, 2.24) is 10.2 Å². The molecule has 120 valence electrons. The summed E-state index contributed by atoms with van der Waals surface area (Å²) < 4.78 is 0. The average molecular weight is 294 g/mol. The first kappa shape index (κ1) is 16.3. The lowest BCUT2D eigenvalue weighted by Crippen LogP contribution is -2.70. The summed E-state index contributed by atoms with van der Waals surface area (Å²) in [5.74, 6) is 1.46. The Morgan fingerprint density at radius 1 is 1.19 bits per heavy atom. The predicted molar refractivity (Wildman–Crippen MR) is 83.7 cm³/mol. The van der Waals surface area contributed by atoms with Crippen LogP contribution in [0.2, 0.25) is 0 Å². The minimum absolute atomic E-state index is 0.0546. The van der Waals surface area contributed by atoms with E-state index in [9.17, 15) is 9.59 Å². The molecule has 2 rings (SSSR count). The molecule has 2 amide bonds. The molecule has 4 nitrogen and oxygen atoms in total. The fourth-order valence-electron chi connectivity index (χ4n) is 3.32. The summed E-state index contributed by atoms with van der Waals surface area (Å²) in [5, 5.41) is 3.00. The topological polar surface area (TPSA) is 49.4 Å². The van der Waals surface area contributed by atoms with Gasteiger partial charge in [-0.15, -0.1) is 0 Å². The van der Waals surface area contributed by atoms with Crippen LogP contribution in [0.1, 0.15) is 60.3 Å². The number of nitrogens with one attached hydrogen (secondary N) is 1. The lowest BCUT2D eigenvalue weighted by molar-refractivity contribution is -0.158. The molecular formula is C17H30N2O2. The molecule has 2 fully saturated rings. The molecule has 2 unspecified atom stereocenters. The van der Waals surface area contributed by atoms with E-state index in [-0.39, 0.29) is 17.9 Å². The summed E-state index contributed by atoms with van der Waals surface area (Å²) in [7, 11) is 0.